The highest BCUT2D eigenvalue weighted by Gasteiger charge is 2.37. The van der Waals surface area contributed by atoms with Gasteiger partial charge in [0.1, 0.15) is 89.5 Å². The molecule has 0 aliphatic carbocycles. The van der Waals surface area contributed by atoms with E-state index in [2.05, 4.69) is 74.4 Å². The number of nitrogens with one attached hydrogen (secondary N) is 14. The first-order valence-electron chi connectivity index (χ1n) is 44.8. The molecule has 738 valence electrons. The van der Waals surface area contributed by atoms with Crippen LogP contribution in [0, 0.1) is 23.7 Å². The van der Waals surface area contributed by atoms with Crippen LogP contribution in [-0.4, -0.2) is 273 Å². The minimum Gasteiger partial charge on any atom is -0.508 e. The Morgan fingerprint density at radius 1 is 0.256 bits per heavy atom. The zero-order valence-electron chi connectivity index (χ0n) is 77.1. The molecule has 42 heteroatoms. The molecule has 30 N–H and O–H groups in total. The maximum Gasteiger partial charge on any atom is 0.328 e. The van der Waals surface area contributed by atoms with Gasteiger partial charge in [0, 0.05) is 19.6 Å². The smallest absolute Gasteiger partial charge is 0.328 e. The van der Waals surface area contributed by atoms with E-state index in [9.17, 15) is 113 Å². The Balaban J connectivity index is 1.58. The molecule has 15 atom stereocenters. The molecule has 0 heterocycles. The highest BCUT2D eigenvalue weighted by Crippen LogP contribution is 2.19. The van der Waals surface area contributed by atoms with Gasteiger partial charge in [0.25, 0.3) is 0 Å². The van der Waals surface area contributed by atoms with E-state index < -0.39 is 206 Å². The molecule has 0 aromatic heterocycles. The van der Waals surface area contributed by atoms with Gasteiger partial charge in [-0.3, -0.25) is 67.1 Å². The largest absolute Gasteiger partial charge is 0.508 e. The molecule has 0 radical (unpaired) electrons. The summed E-state index contributed by atoms with van der Waals surface area (Å²) in [5.41, 5.74) is 26.9. The number of aliphatic hydroxyl groups is 4. The average Bonchev–Trinajstić information content (AvgIpc) is 0.854. The Bertz CT molecular complexity index is 4380. The van der Waals surface area contributed by atoms with Crippen molar-refractivity contribution < 1.29 is 118 Å². The number of phenolic OH excluding ortho intramolecular Hbond substituents is 4. The Kier molecular flexibility index (Phi) is 50.5. The highest BCUT2D eigenvalue weighted by atomic mass is 16.5. The second-order valence-corrected chi connectivity index (χ2v) is 34.7. The summed E-state index contributed by atoms with van der Waals surface area (Å²) in [6.45, 7) is 10.3. The second kappa shape index (κ2) is 59.3. The number of amides is 14. The molecule has 0 bridgehead atoms. The first kappa shape index (κ1) is 113. The molecule has 0 unspecified atom stereocenters. The number of aromatic hydroxyl groups is 4. The van der Waals surface area contributed by atoms with Gasteiger partial charge in [0.05, 0.1) is 57.7 Å². The van der Waals surface area contributed by atoms with Crippen molar-refractivity contribution in [3.8, 4) is 23.0 Å². The Labute approximate surface area is 774 Å². The van der Waals surface area contributed by atoms with Crippen molar-refractivity contribution in [1.82, 2.24) is 74.4 Å². The highest BCUT2D eigenvalue weighted by molar-refractivity contribution is 5.98. The van der Waals surface area contributed by atoms with Crippen LogP contribution in [0.3, 0.4) is 0 Å². The van der Waals surface area contributed by atoms with Gasteiger partial charge in [-0.25, -0.2) is 4.79 Å². The zero-order chi connectivity index (χ0) is 99.1. The molecule has 0 aliphatic heterocycles. The van der Waals surface area contributed by atoms with E-state index in [0.717, 1.165) is 7.11 Å². The SMILES string of the molecule is COC(=O)[C@H](CCCCNC(=O)[C@H](CCCCNC(=O)[C@H](CC(C)C)NC(=O)[C@H](CO)NC(=O)[C@@H](N)Cc1ccc(O)cc1)NC(=O)[C@H](CC(C)C)NC(=O)[C@H](CO)NC(=O)[C@@H](N)Cc1ccc(O)cc1)NC(=O)[C@H](CCCCNC(=O)[C@H](CC(C)C)NC(=O)[C@H](CO)NC(=O)[C@@H](N)Cc1ccc(O)cc1)NC(=O)[C@H](CC(C)C)NC(=O)[C@H](CO)NC(=O)[C@@H](N)Cc1ccc(O)cc1. The summed E-state index contributed by atoms with van der Waals surface area (Å²) < 4.78 is 5.12. The van der Waals surface area contributed by atoms with Crippen molar-refractivity contribution >= 4 is 88.7 Å². The molecule has 0 aliphatic rings. The third-order valence-electron chi connectivity index (χ3n) is 21.3. The fourth-order valence-electron chi connectivity index (χ4n) is 13.9. The van der Waals surface area contributed by atoms with Crippen molar-refractivity contribution in [2.24, 2.45) is 46.6 Å². The van der Waals surface area contributed by atoms with Crippen LogP contribution in [0.25, 0.3) is 0 Å². The fraction of sp³-hybridized carbons (Fsp3) is 0.571. The summed E-state index contributed by atoms with van der Waals surface area (Å²) in [7, 11) is 1.06. The van der Waals surface area contributed by atoms with E-state index in [1.54, 1.807) is 91.8 Å². The number of aliphatic hydroxyl groups excluding tert-OH is 4. The quantitative estimate of drug-likeness (QED) is 0.0151. The number of carbonyl (C=O) groups excluding carboxylic acids is 15. The molecule has 4 aromatic rings. The number of esters is 1. The lowest BCUT2D eigenvalue weighted by atomic mass is 10.0. The number of unbranched alkanes of at least 4 members (excludes halogenated alkanes) is 3. The summed E-state index contributed by atoms with van der Waals surface area (Å²) in [6, 6.07) is 3.03. The van der Waals surface area contributed by atoms with Gasteiger partial charge in [-0.1, -0.05) is 104 Å². The number of carbonyl (C=O) groups is 15. The summed E-state index contributed by atoms with van der Waals surface area (Å²) in [6.07, 6.45) is 0.272. The van der Waals surface area contributed by atoms with Crippen LogP contribution >= 0.6 is 0 Å². The number of ether oxygens (including phenoxy) is 1. The van der Waals surface area contributed by atoms with Crippen LogP contribution in [0.1, 0.15) is 161 Å². The van der Waals surface area contributed by atoms with Crippen LogP contribution in [-0.2, 0) is 102 Å². The third-order valence-corrected chi connectivity index (χ3v) is 21.3. The number of benzene rings is 4. The van der Waals surface area contributed by atoms with Crippen LogP contribution in [0.15, 0.2) is 97.1 Å². The number of hydrogen-bond acceptors (Lipinski definition) is 28. The van der Waals surface area contributed by atoms with E-state index in [1.807, 2.05) is 0 Å². The number of phenols is 4. The lowest BCUT2D eigenvalue weighted by Crippen LogP contribution is -2.59. The first-order chi connectivity index (χ1) is 63.0. The number of nitrogens with two attached hydrogens (primary N) is 4. The van der Waals surface area contributed by atoms with Gasteiger partial charge in [0.15, 0.2) is 0 Å². The van der Waals surface area contributed by atoms with Crippen LogP contribution in [0.2, 0.25) is 0 Å². The molecular formula is C91H140N18O24. The lowest BCUT2D eigenvalue weighted by molar-refractivity contribution is -0.145. The molecule has 0 fully saturated rings. The molecular weight excluding hydrogens is 1730 g/mol. The normalized spacial score (nSPS) is 14.7. The van der Waals surface area contributed by atoms with E-state index in [-0.39, 0.29) is 175 Å². The Morgan fingerprint density at radius 2 is 0.436 bits per heavy atom. The molecule has 133 heavy (non-hydrogen) atoms. The predicted molar refractivity (Wildman–Crippen MR) is 489 cm³/mol. The van der Waals surface area contributed by atoms with Gasteiger partial charge in [-0.05, 0) is 204 Å². The fourth-order valence-corrected chi connectivity index (χ4v) is 13.9. The number of rotatable bonds is 61. The molecule has 0 saturated carbocycles. The van der Waals surface area contributed by atoms with Gasteiger partial charge in [0.2, 0.25) is 82.7 Å². The molecule has 42 nitrogen and oxygen atoms in total. The van der Waals surface area contributed by atoms with Crippen molar-refractivity contribution in [3.63, 3.8) is 0 Å². The van der Waals surface area contributed by atoms with Crippen LogP contribution in [0.5, 0.6) is 23.0 Å². The van der Waals surface area contributed by atoms with Crippen molar-refractivity contribution in [2.75, 3.05) is 53.2 Å². The second-order valence-electron chi connectivity index (χ2n) is 34.7. The first-order valence-corrected chi connectivity index (χ1v) is 44.8. The van der Waals surface area contributed by atoms with E-state index in [4.69, 9.17) is 27.7 Å². The van der Waals surface area contributed by atoms with E-state index in [1.165, 1.54) is 60.7 Å². The molecule has 14 amide bonds. The van der Waals surface area contributed by atoms with Crippen molar-refractivity contribution in [2.45, 2.75) is 255 Å². The Hall–Kier alpha value is -12.2. The van der Waals surface area contributed by atoms with E-state index in [0.29, 0.717) is 22.3 Å². The maximum atomic E-state index is 14.8. The Morgan fingerprint density at radius 3 is 0.662 bits per heavy atom. The van der Waals surface area contributed by atoms with E-state index >= 15 is 0 Å². The average molecular weight is 1870 g/mol. The summed E-state index contributed by atoms with van der Waals surface area (Å²) in [5, 5.41) is 116. The zero-order valence-corrected chi connectivity index (χ0v) is 77.1. The van der Waals surface area contributed by atoms with Crippen molar-refractivity contribution in [3.05, 3.63) is 119 Å². The van der Waals surface area contributed by atoms with Gasteiger partial charge >= 0.3 is 5.97 Å². The summed E-state index contributed by atoms with van der Waals surface area (Å²) in [5.74, 6) is -13.7. The number of methoxy groups -OCH3 is 1. The lowest BCUT2D eigenvalue weighted by Gasteiger charge is -2.27. The third kappa shape index (κ3) is 42.5. The summed E-state index contributed by atoms with van der Waals surface area (Å²) in [4.78, 5) is 208. The van der Waals surface area contributed by atoms with Gasteiger partial charge < -0.3 is 143 Å². The topological polar surface area (TPSA) is 700 Å². The standard InChI is InChI=1S/C91H140N18O24/c1-50(2)38-69(102-87(128)73(46-110)106-77(118)62(92)42-54-19-27-58(114)28-20-54)82(123)97-36-13-10-16-66(99-85(126)71(40-52(5)6)104-89(130)75(48-112)108-79(120)64(94)44-56-23-31-60(116)32-24-56)81(122)96-35-15-12-18-68(91(132)133-9)101-84(125)67(100-86(127)72(41-53(7)8)105-90(131)76(49-113)109-80(121)65(95)45-57-25-33-61(117)34-26-57)17-11-14-37-98-83(124)70(39-51(3)4)103-88(129)74(47-111)107-78(119)63(93)43-55-21-29-59(115)30-22-55/h19-34,50-53,62-76,110-117H,10-18,35-49,92-95H2,1-9H3,(H,96,122)(H,97,123)(H,98,124)(H,99,126)(H,100,127)(H,101,125)(H,102,128)(H,103,129)(H,104,130)(H,105,131)(H,106,118)(H,107,119)(H,108,120)(H,109,121)/t62-,63-,64-,65-,66-,67-,68-,69-,70-,71-,72-,73-,74-,75-,76-/m0/s1. The summed E-state index contributed by atoms with van der Waals surface area (Å²) >= 11 is 0. The van der Waals surface area contributed by atoms with Gasteiger partial charge in [-0.15, -0.1) is 0 Å². The van der Waals surface area contributed by atoms with Crippen LogP contribution in [0.4, 0.5) is 0 Å². The molecule has 0 spiro atoms. The minimum absolute atomic E-state index is 0.00426. The molecule has 4 aromatic carbocycles. The predicted octanol–water partition coefficient (Wildman–Crippen LogP) is -3.39. The van der Waals surface area contributed by atoms with Crippen LogP contribution < -0.4 is 97.4 Å². The molecule has 4 rings (SSSR count). The minimum atomic E-state index is -1.64. The monoisotopic (exact) mass is 1870 g/mol. The van der Waals surface area contributed by atoms with Crippen molar-refractivity contribution in [1.29, 1.82) is 0 Å². The maximum absolute atomic E-state index is 14.8. The number of hydrogen-bond donors (Lipinski definition) is 26. The molecule has 0 saturated heterocycles. The van der Waals surface area contributed by atoms with Gasteiger partial charge in [-0.2, -0.15) is 0 Å².